The third kappa shape index (κ3) is 1.82. The van der Waals surface area contributed by atoms with Gasteiger partial charge in [-0.2, -0.15) is 5.10 Å². The average Bonchev–Trinajstić information content (AvgIpc) is 2.91. The molecule has 1 heterocycles. The lowest BCUT2D eigenvalue weighted by Gasteiger charge is -2.04. The molecule has 5 heteroatoms. The van der Waals surface area contributed by atoms with Crippen LogP contribution in [0.5, 0.6) is 5.75 Å². The average molecular weight is 238 g/mol. The monoisotopic (exact) mass is 238 g/mol. The van der Waals surface area contributed by atoms with Gasteiger partial charge in [0.2, 0.25) is 0 Å². The van der Waals surface area contributed by atoms with Gasteiger partial charge in [-0.05, 0) is 16.8 Å². The van der Waals surface area contributed by atoms with Gasteiger partial charge in [-0.3, -0.25) is 0 Å². The summed E-state index contributed by atoms with van der Waals surface area (Å²) in [6.07, 6.45) is 4.46. The molecule has 0 aliphatic heterocycles. The number of aromatic nitrogens is 3. The van der Waals surface area contributed by atoms with Crippen LogP contribution in [0, 0.1) is 0 Å². The third-order valence-electron chi connectivity index (χ3n) is 2.66. The predicted octanol–water partition coefficient (Wildman–Crippen LogP) is 2.02. The Kier molecular flexibility index (Phi) is 2.49. The molecular weight excluding hydrogens is 228 g/mol. The number of hydrogen-bond donors (Lipinski definition) is 1. The molecule has 18 heavy (non-hydrogen) atoms. The molecule has 0 spiro atoms. The van der Waals surface area contributed by atoms with Crippen molar-refractivity contribution in [1.29, 1.82) is 0 Å². The molecule has 0 aliphatic rings. The number of fused-ring (bicyclic) bond motifs is 1. The smallest absolute Gasteiger partial charge is 0.139 e. The van der Waals surface area contributed by atoms with Gasteiger partial charge in [0.25, 0.3) is 0 Å². The van der Waals surface area contributed by atoms with Gasteiger partial charge in [-0.25, -0.2) is 4.98 Å². The molecule has 5 nitrogen and oxygen atoms in total. The standard InChI is InChI=1S/C13H10N4O/c18-13-6-5-10-3-1-2-4-11(10)12(13)7-15-17-9-14-8-16-17/h1-9,18H/b15-7+. The van der Waals surface area contributed by atoms with Crippen molar-refractivity contribution < 1.29 is 5.11 Å². The SMILES string of the molecule is Oc1ccc2ccccc2c1/C=N/n1cncn1. The maximum atomic E-state index is 9.90. The largest absolute Gasteiger partial charge is 0.507 e. The molecule has 0 unspecified atom stereocenters. The number of benzene rings is 2. The fraction of sp³-hybridized carbons (Fsp3) is 0. The fourth-order valence-corrected chi connectivity index (χ4v) is 1.80. The summed E-state index contributed by atoms with van der Waals surface area (Å²) in [6.45, 7) is 0. The van der Waals surface area contributed by atoms with Crippen molar-refractivity contribution in [1.82, 2.24) is 14.9 Å². The Bertz CT molecular complexity index is 704. The van der Waals surface area contributed by atoms with Gasteiger partial charge < -0.3 is 5.11 Å². The van der Waals surface area contributed by atoms with Crippen molar-refractivity contribution in [2.75, 3.05) is 0 Å². The molecule has 0 saturated carbocycles. The van der Waals surface area contributed by atoms with Crippen LogP contribution in [0.3, 0.4) is 0 Å². The maximum absolute atomic E-state index is 9.90. The number of hydrogen-bond acceptors (Lipinski definition) is 4. The molecule has 0 amide bonds. The Balaban J connectivity index is 2.13. The summed E-state index contributed by atoms with van der Waals surface area (Å²) in [5, 5.41) is 19.9. The Morgan fingerprint density at radius 1 is 1.17 bits per heavy atom. The summed E-state index contributed by atoms with van der Waals surface area (Å²) in [5.74, 6) is 0.192. The first kappa shape index (κ1) is 10.5. The quantitative estimate of drug-likeness (QED) is 0.695. The van der Waals surface area contributed by atoms with Crippen LogP contribution in [-0.4, -0.2) is 26.2 Å². The van der Waals surface area contributed by atoms with E-state index >= 15 is 0 Å². The molecule has 0 bridgehead atoms. The van der Waals surface area contributed by atoms with Crippen LogP contribution < -0.4 is 0 Å². The van der Waals surface area contributed by atoms with Gasteiger partial charge in [-0.15, -0.1) is 9.89 Å². The fourth-order valence-electron chi connectivity index (χ4n) is 1.80. The molecule has 0 aliphatic carbocycles. The molecule has 0 radical (unpaired) electrons. The Morgan fingerprint density at radius 2 is 2.06 bits per heavy atom. The van der Waals surface area contributed by atoms with Crippen LogP contribution >= 0.6 is 0 Å². The van der Waals surface area contributed by atoms with Gasteiger partial charge in [0.15, 0.2) is 0 Å². The Labute approximate surface area is 103 Å². The van der Waals surface area contributed by atoms with E-state index in [0.717, 1.165) is 10.8 Å². The molecule has 88 valence electrons. The Hall–Kier alpha value is -2.69. The molecule has 0 atom stereocenters. The van der Waals surface area contributed by atoms with E-state index in [1.54, 1.807) is 12.3 Å². The van der Waals surface area contributed by atoms with E-state index in [9.17, 15) is 5.11 Å². The number of phenolic OH excluding ortho intramolecular Hbond substituents is 1. The summed E-state index contributed by atoms with van der Waals surface area (Å²) < 4.78 is 0. The number of aromatic hydroxyl groups is 1. The molecule has 1 N–H and O–H groups in total. The van der Waals surface area contributed by atoms with Gasteiger partial charge in [0.05, 0.1) is 6.21 Å². The van der Waals surface area contributed by atoms with E-state index in [1.165, 1.54) is 17.4 Å². The zero-order chi connectivity index (χ0) is 12.4. The molecular formula is C13H10N4O. The van der Waals surface area contributed by atoms with Gasteiger partial charge >= 0.3 is 0 Å². The highest BCUT2D eigenvalue weighted by Gasteiger charge is 2.04. The summed E-state index contributed by atoms with van der Waals surface area (Å²) >= 11 is 0. The minimum absolute atomic E-state index is 0.192. The molecule has 3 rings (SSSR count). The van der Waals surface area contributed by atoms with E-state index < -0.39 is 0 Å². The van der Waals surface area contributed by atoms with Gasteiger partial charge in [-0.1, -0.05) is 30.3 Å². The van der Waals surface area contributed by atoms with E-state index in [2.05, 4.69) is 15.2 Å². The van der Waals surface area contributed by atoms with Crippen LogP contribution in [0.1, 0.15) is 5.56 Å². The number of nitrogens with zero attached hydrogens (tertiary/aromatic N) is 4. The highest BCUT2D eigenvalue weighted by Crippen LogP contribution is 2.25. The van der Waals surface area contributed by atoms with Crippen LogP contribution in [0.25, 0.3) is 10.8 Å². The second-order valence-corrected chi connectivity index (χ2v) is 3.78. The summed E-state index contributed by atoms with van der Waals surface area (Å²) in [5.41, 5.74) is 0.670. The van der Waals surface area contributed by atoms with Crippen LogP contribution in [-0.2, 0) is 0 Å². The first-order valence-electron chi connectivity index (χ1n) is 5.44. The van der Waals surface area contributed by atoms with E-state index in [-0.39, 0.29) is 5.75 Å². The van der Waals surface area contributed by atoms with E-state index in [1.807, 2.05) is 30.3 Å². The third-order valence-corrected chi connectivity index (χ3v) is 2.66. The topological polar surface area (TPSA) is 63.3 Å². The first-order chi connectivity index (χ1) is 8.84. The number of phenols is 1. The highest BCUT2D eigenvalue weighted by atomic mass is 16.3. The van der Waals surface area contributed by atoms with E-state index in [0.29, 0.717) is 5.56 Å². The van der Waals surface area contributed by atoms with Crippen molar-refractivity contribution in [3.05, 3.63) is 54.6 Å². The molecule has 2 aromatic carbocycles. The summed E-state index contributed by atoms with van der Waals surface area (Å²) in [7, 11) is 0. The summed E-state index contributed by atoms with van der Waals surface area (Å²) in [4.78, 5) is 5.13. The van der Waals surface area contributed by atoms with Crippen molar-refractivity contribution >= 4 is 17.0 Å². The molecule has 0 fully saturated rings. The minimum Gasteiger partial charge on any atom is -0.507 e. The lowest BCUT2D eigenvalue weighted by molar-refractivity contribution is 0.475. The van der Waals surface area contributed by atoms with Crippen LogP contribution in [0.4, 0.5) is 0 Å². The van der Waals surface area contributed by atoms with Gasteiger partial charge in [0, 0.05) is 5.56 Å². The van der Waals surface area contributed by atoms with Crippen molar-refractivity contribution in [3.8, 4) is 5.75 Å². The highest BCUT2D eigenvalue weighted by molar-refractivity contribution is 6.02. The second-order valence-electron chi connectivity index (χ2n) is 3.78. The lowest BCUT2D eigenvalue weighted by atomic mass is 10.0. The second kappa shape index (κ2) is 4.29. The first-order valence-corrected chi connectivity index (χ1v) is 5.44. The lowest BCUT2D eigenvalue weighted by Crippen LogP contribution is -1.92. The molecule has 0 saturated heterocycles. The van der Waals surface area contributed by atoms with Crippen LogP contribution in [0.15, 0.2) is 54.2 Å². The molecule has 1 aromatic heterocycles. The van der Waals surface area contributed by atoms with E-state index in [4.69, 9.17) is 0 Å². The minimum atomic E-state index is 0.192. The van der Waals surface area contributed by atoms with Gasteiger partial charge in [0.1, 0.15) is 18.4 Å². The normalized spacial score (nSPS) is 11.3. The predicted molar refractivity (Wildman–Crippen MR) is 68.6 cm³/mol. The van der Waals surface area contributed by atoms with Crippen molar-refractivity contribution in [2.24, 2.45) is 5.10 Å². The number of rotatable bonds is 2. The maximum Gasteiger partial charge on any atom is 0.139 e. The van der Waals surface area contributed by atoms with Crippen LogP contribution in [0.2, 0.25) is 0 Å². The Morgan fingerprint density at radius 3 is 2.89 bits per heavy atom. The molecule has 3 aromatic rings. The zero-order valence-corrected chi connectivity index (χ0v) is 9.43. The van der Waals surface area contributed by atoms with Crippen molar-refractivity contribution in [3.63, 3.8) is 0 Å². The van der Waals surface area contributed by atoms with Crippen molar-refractivity contribution in [2.45, 2.75) is 0 Å². The zero-order valence-electron chi connectivity index (χ0n) is 9.43. The summed E-state index contributed by atoms with van der Waals surface area (Å²) in [6, 6.07) is 11.3.